The summed E-state index contributed by atoms with van der Waals surface area (Å²) >= 11 is 0. The molecular formula is C43H27NO. The van der Waals surface area contributed by atoms with E-state index in [1.54, 1.807) is 0 Å². The highest BCUT2D eigenvalue weighted by Crippen LogP contribution is 2.61. The number of rotatable bonds is 3. The molecule has 1 heterocycles. The molecule has 0 saturated carbocycles. The molecule has 1 spiro atoms. The standard InChI is InChI=1S/C43H27NO/c1-2-11-27(12-3-1)32-20-22-39-41(35-17-8-9-19-38(35)45-39)42(32)44-40-23-21-34-31-16-7-5-14-29(31)26-37(34)43(40)24-10-18-33-30-15-6-4-13-28(30)25-36(33)43/h1-26,44H. The minimum absolute atomic E-state index is 0.512. The summed E-state index contributed by atoms with van der Waals surface area (Å²) in [5.41, 5.74) is 16.0. The fourth-order valence-electron chi connectivity index (χ4n) is 7.88. The number of furan rings is 1. The lowest BCUT2D eigenvalue weighted by Crippen LogP contribution is -2.33. The molecule has 2 heteroatoms. The van der Waals surface area contributed by atoms with Crippen molar-refractivity contribution in [1.29, 1.82) is 0 Å². The van der Waals surface area contributed by atoms with Crippen molar-refractivity contribution in [2.45, 2.75) is 0 Å². The lowest BCUT2D eigenvalue weighted by molar-refractivity contribution is 0.669. The molecule has 4 aliphatic carbocycles. The van der Waals surface area contributed by atoms with Gasteiger partial charge < -0.3 is 9.73 Å². The van der Waals surface area contributed by atoms with Crippen LogP contribution >= 0.6 is 0 Å². The summed E-state index contributed by atoms with van der Waals surface area (Å²) in [6, 6.07) is 40.8. The van der Waals surface area contributed by atoms with Gasteiger partial charge in [-0.2, -0.15) is 0 Å². The Morgan fingerprint density at radius 2 is 1.20 bits per heavy atom. The smallest absolute Gasteiger partial charge is 0.137 e. The summed E-state index contributed by atoms with van der Waals surface area (Å²) in [5, 5.41) is 6.31. The summed E-state index contributed by atoms with van der Waals surface area (Å²) in [6.45, 7) is 0. The SMILES string of the molecule is C1=CC2(C(Nc3c(-c4ccccc4)ccc4oc5ccccc5c34)=CC=C3C2=Cc2ccccc23)C2=Cc3ccccc3C2=C1. The molecule has 0 amide bonds. The van der Waals surface area contributed by atoms with E-state index in [9.17, 15) is 0 Å². The average Bonchev–Trinajstić information content (AvgIpc) is 3.79. The summed E-state index contributed by atoms with van der Waals surface area (Å²) < 4.78 is 6.42. The minimum Gasteiger partial charge on any atom is -0.456 e. The zero-order valence-electron chi connectivity index (χ0n) is 24.4. The van der Waals surface area contributed by atoms with Gasteiger partial charge in [-0.25, -0.2) is 0 Å². The Morgan fingerprint density at radius 3 is 1.98 bits per heavy atom. The number of anilines is 1. The third kappa shape index (κ3) is 3.34. The molecular weight excluding hydrogens is 546 g/mol. The van der Waals surface area contributed by atoms with E-state index < -0.39 is 5.41 Å². The molecule has 0 fully saturated rings. The van der Waals surface area contributed by atoms with Gasteiger partial charge in [-0.15, -0.1) is 0 Å². The van der Waals surface area contributed by atoms with E-state index in [0.29, 0.717) is 0 Å². The zero-order chi connectivity index (χ0) is 29.5. The molecule has 0 saturated heterocycles. The molecule has 0 bridgehead atoms. The number of benzene rings is 5. The molecule has 45 heavy (non-hydrogen) atoms. The normalized spacial score (nSPS) is 18.9. The van der Waals surface area contributed by atoms with Crippen LogP contribution in [0.25, 0.3) is 56.4 Å². The van der Waals surface area contributed by atoms with Gasteiger partial charge in [0.05, 0.1) is 16.5 Å². The van der Waals surface area contributed by atoms with Gasteiger partial charge >= 0.3 is 0 Å². The molecule has 10 rings (SSSR count). The van der Waals surface area contributed by atoms with Gasteiger partial charge in [-0.3, -0.25) is 0 Å². The van der Waals surface area contributed by atoms with Crippen LogP contribution in [-0.4, -0.2) is 0 Å². The van der Waals surface area contributed by atoms with E-state index in [0.717, 1.165) is 44.4 Å². The van der Waals surface area contributed by atoms with Crippen LogP contribution in [-0.2, 0) is 0 Å². The van der Waals surface area contributed by atoms with Gasteiger partial charge in [-0.05, 0) is 86.5 Å². The number of hydrogen-bond acceptors (Lipinski definition) is 2. The first kappa shape index (κ1) is 24.6. The molecule has 1 unspecified atom stereocenters. The van der Waals surface area contributed by atoms with E-state index in [-0.39, 0.29) is 0 Å². The summed E-state index contributed by atoms with van der Waals surface area (Å²) in [4.78, 5) is 0. The average molecular weight is 574 g/mol. The number of fused-ring (bicyclic) bond motifs is 11. The predicted octanol–water partition coefficient (Wildman–Crippen LogP) is 11.1. The number of nitrogens with one attached hydrogen (secondary N) is 1. The maximum atomic E-state index is 6.42. The molecule has 1 atom stereocenters. The van der Waals surface area contributed by atoms with Crippen LogP contribution < -0.4 is 5.32 Å². The Bertz CT molecular complexity index is 2420. The molecule has 0 aliphatic heterocycles. The Morgan fingerprint density at radius 1 is 0.533 bits per heavy atom. The number of para-hydroxylation sites is 1. The molecule has 0 radical (unpaired) electrons. The first-order valence-corrected chi connectivity index (χ1v) is 15.5. The molecule has 6 aromatic rings. The monoisotopic (exact) mass is 573 g/mol. The van der Waals surface area contributed by atoms with Gasteiger partial charge in [0.25, 0.3) is 0 Å². The van der Waals surface area contributed by atoms with E-state index in [1.807, 2.05) is 6.07 Å². The van der Waals surface area contributed by atoms with Crippen molar-refractivity contribution in [3.8, 4) is 11.1 Å². The number of allylic oxidation sites excluding steroid dienone is 7. The summed E-state index contributed by atoms with van der Waals surface area (Å²) in [7, 11) is 0. The third-order valence-corrected chi connectivity index (χ3v) is 9.87. The maximum Gasteiger partial charge on any atom is 0.137 e. The largest absolute Gasteiger partial charge is 0.456 e. The van der Waals surface area contributed by atoms with E-state index >= 15 is 0 Å². The molecule has 1 aromatic heterocycles. The Kier molecular flexibility index (Phi) is 4.95. The van der Waals surface area contributed by atoms with Gasteiger partial charge in [0.2, 0.25) is 0 Å². The molecule has 5 aromatic carbocycles. The van der Waals surface area contributed by atoms with Crippen molar-refractivity contribution in [3.05, 3.63) is 185 Å². The van der Waals surface area contributed by atoms with Crippen molar-refractivity contribution >= 4 is 50.9 Å². The van der Waals surface area contributed by atoms with E-state index in [4.69, 9.17) is 4.42 Å². The quantitative estimate of drug-likeness (QED) is 0.228. The van der Waals surface area contributed by atoms with Gasteiger partial charge in [0, 0.05) is 16.6 Å². The minimum atomic E-state index is -0.512. The second-order valence-corrected chi connectivity index (χ2v) is 12.1. The first-order chi connectivity index (χ1) is 22.3. The zero-order valence-corrected chi connectivity index (χ0v) is 24.4. The van der Waals surface area contributed by atoms with Gasteiger partial charge in [-0.1, -0.05) is 121 Å². The molecule has 4 aliphatic rings. The van der Waals surface area contributed by atoms with Crippen LogP contribution in [0.1, 0.15) is 22.3 Å². The number of hydrogen-bond donors (Lipinski definition) is 1. The first-order valence-electron chi connectivity index (χ1n) is 15.5. The fraction of sp³-hybridized carbons (Fsp3) is 0.0233. The van der Waals surface area contributed by atoms with Crippen LogP contribution in [0.5, 0.6) is 0 Å². The lowest BCUT2D eigenvalue weighted by Gasteiger charge is -2.42. The fourth-order valence-corrected chi connectivity index (χ4v) is 7.88. The summed E-state index contributed by atoms with van der Waals surface area (Å²) in [5.74, 6) is 0. The van der Waals surface area contributed by atoms with Crippen molar-refractivity contribution in [1.82, 2.24) is 0 Å². The van der Waals surface area contributed by atoms with Crippen LogP contribution in [0.2, 0.25) is 0 Å². The highest BCUT2D eigenvalue weighted by atomic mass is 16.3. The molecule has 2 nitrogen and oxygen atoms in total. The van der Waals surface area contributed by atoms with Crippen LogP contribution in [0.3, 0.4) is 0 Å². The van der Waals surface area contributed by atoms with Crippen LogP contribution in [0.15, 0.2) is 167 Å². The van der Waals surface area contributed by atoms with E-state index in [1.165, 1.54) is 44.5 Å². The van der Waals surface area contributed by atoms with E-state index in [2.05, 4.69) is 157 Å². The van der Waals surface area contributed by atoms with Crippen LogP contribution in [0.4, 0.5) is 5.69 Å². The Labute approximate surface area is 261 Å². The lowest BCUT2D eigenvalue weighted by atomic mass is 9.63. The van der Waals surface area contributed by atoms with Crippen molar-refractivity contribution in [2.24, 2.45) is 5.41 Å². The van der Waals surface area contributed by atoms with Crippen molar-refractivity contribution in [2.75, 3.05) is 5.32 Å². The third-order valence-electron chi connectivity index (χ3n) is 9.87. The Hall–Kier alpha value is -5.86. The second-order valence-electron chi connectivity index (χ2n) is 12.1. The molecule has 1 N–H and O–H groups in total. The highest BCUT2D eigenvalue weighted by Gasteiger charge is 2.48. The van der Waals surface area contributed by atoms with Crippen molar-refractivity contribution in [3.63, 3.8) is 0 Å². The summed E-state index contributed by atoms with van der Waals surface area (Å²) in [6.07, 6.45) is 16.3. The van der Waals surface area contributed by atoms with Crippen LogP contribution in [0, 0.1) is 5.41 Å². The molecule has 210 valence electrons. The van der Waals surface area contributed by atoms with Crippen molar-refractivity contribution < 1.29 is 4.42 Å². The highest BCUT2D eigenvalue weighted by molar-refractivity contribution is 6.15. The van der Waals surface area contributed by atoms with Gasteiger partial charge in [0.15, 0.2) is 0 Å². The Balaban J connectivity index is 1.25. The van der Waals surface area contributed by atoms with Gasteiger partial charge in [0.1, 0.15) is 11.2 Å². The maximum absolute atomic E-state index is 6.42. The second kappa shape index (κ2) is 9.07. The topological polar surface area (TPSA) is 25.2 Å². The predicted molar refractivity (Wildman–Crippen MR) is 187 cm³/mol.